The van der Waals surface area contributed by atoms with Crippen LogP contribution in [0.4, 0.5) is 4.79 Å². The minimum absolute atomic E-state index is 0.0347. The van der Waals surface area contributed by atoms with Crippen molar-refractivity contribution in [1.82, 2.24) is 21.4 Å². The fourth-order valence-corrected chi connectivity index (χ4v) is 1.17. The number of nitrogens with one attached hydrogen (secondary N) is 4. The molecule has 9 nitrogen and oxygen atoms in total. The van der Waals surface area contributed by atoms with E-state index in [1.165, 1.54) is 0 Å². The number of hydrogen-bond acceptors (Lipinski definition) is 5. The van der Waals surface area contributed by atoms with Crippen LogP contribution < -0.4 is 21.4 Å². The van der Waals surface area contributed by atoms with Gasteiger partial charge in [-0.2, -0.15) is 0 Å². The molecule has 0 aromatic carbocycles. The third-order valence-corrected chi connectivity index (χ3v) is 1.64. The molecule has 1 saturated heterocycles. The lowest BCUT2D eigenvalue weighted by molar-refractivity contribution is -0.525. The summed E-state index contributed by atoms with van der Waals surface area (Å²) < 4.78 is 0. The molecule has 2 aliphatic rings. The maximum Gasteiger partial charge on any atom is 0.318 e. The van der Waals surface area contributed by atoms with E-state index in [-0.39, 0.29) is 12.0 Å². The predicted octanol–water partition coefficient (Wildman–Crippen LogP) is -2.31. The van der Waals surface area contributed by atoms with Crippen LogP contribution in [-0.2, 0) is 0 Å². The molecule has 2 heterocycles. The van der Waals surface area contributed by atoms with Gasteiger partial charge in [-0.3, -0.25) is 0 Å². The number of aliphatic imine (C=N–C) groups is 1. The highest BCUT2D eigenvalue weighted by Gasteiger charge is 2.37. The van der Waals surface area contributed by atoms with Crippen LogP contribution in [0, 0.1) is 10.1 Å². The largest absolute Gasteiger partial charge is 0.328 e. The van der Waals surface area contributed by atoms with Gasteiger partial charge in [0.05, 0.1) is 0 Å². The molecule has 0 spiro atoms. The Kier molecular flexibility index (Phi) is 1.44. The van der Waals surface area contributed by atoms with E-state index in [0.29, 0.717) is 0 Å². The fourth-order valence-electron chi connectivity index (χ4n) is 1.17. The van der Waals surface area contributed by atoms with Crippen molar-refractivity contribution in [2.24, 2.45) is 4.99 Å². The zero-order chi connectivity index (χ0) is 9.42. The lowest BCUT2D eigenvalue weighted by Gasteiger charge is -2.05. The first-order chi connectivity index (χ1) is 6.15. The lowest BCUT2D eigenvalue weighted by Crippen LogP contribution is -2.47. The third kappa shape index (κ3) is 1.30. The number of nitro groups is 1. The summed E-state index contributed by atoms with van der Waals surface area (Å²) in [7, 11) is 0. The third-order valence-electron chi connectivity index (χ3n) is 1.64. The average molecular weight is 186 g/mol. The van der Waals surface area contributed by atoms with E-state index in [9.17, 15) is 14.9 Å². The number of carbonyl (C=O) groups excluding carboxylic acids is 1. The van der Waals surface area contributed by atoms with Crippen molar-refractivity contribution >= 4 is 12.0 Å². The number of urea groups is 1. The SMILES string of the molecule is O=C1N[C@H]2NC(N[N+](=O)[O-])=N[C@H]2N1. The molecule has 2 amide bonds. The van der Waals surface area contributed by atoms with Gasteiger partial charge in [0.25, 0.3) is 5.96 Å². The van der Waals surface area contributed by atoms with Crippen LogP contribution in [0.3, 0.4) is 0 Å². The standard InChI is InChI=1S/C4H6N6O3/c11-4-7-1-2(8-4)6-3(5-1)9-10(12)13/h1-2H,(H2,5,6,9)(H2,7,8,11)/t1-,2+. The van der Waals surface area contributed by atoms with Gasteiger partial charge in [0.1, 0.15) is 6.17 Å². The van der Waals surface area contributed by atoms with Gasteiger partial charge in [-0.05, 0) is 0 Å². The number of nitrogens with zero attached hydrogens (tertiary/aromatic N) is 2. The van der Waals surface area contributed by atoms with E-state index in [0.717, 1.165) is 0 Å². The van der Waals surface area contributed by atoms with Crippen LogP contribution in [0.1, 0.15) is 0 Å². The van der Waals surface area contributed by atoms with Crippen LogP contribution in [0.15, 0.2) is 4.99 Å². The van der Waals surface area contributed by atoms with Gasteiger partial charge in [-0.25, -0.2) is 19.9 Å². The highest BCUT2D eigenvalue weighted by molar-refractivity contribution is 5.85. The van der Waals surface area contributed by atoms with Crippen molar-refractivity contribution in [1.29, 1.82) is 0 Å². The van der Waals surface area contributed by atoms with Crippen LogP contribution in [0.5, 0.6) is 0 Å². The summed E-state index contributed by atoms with van der Waals surface area (Å²) in [6, 6.07) is -0.341. The Morgan fingerprint density at radius 2 is 2.23 bits per heavy atom. The predicted molar refractivity (Wildman–Crippen MR) is 39.9 cm³/mol. The first-order valence-electron chi connectivity index (χ1n) is 3.47. The van der Waals surface area contributed by atoms with Crippen LogP contribution in [0.25, 0.3) is 0 Å². The van der Waals surface area contributed by atoms with Gasteiger partial charge in [0, 0.05) is 0 Å². The highest BCUT2D eigenvalue weighted by Crippen LogP contribution is 2.05. The van der Waals surface area contributed by atoms with Crippen molar-refractivity contribution in [3.05, 3.63) is 10.1 Å². The number of amides is 2. The molecule has 2 atom stereocenters. The van der Waals surface area contributed by atoms with E-state index in [2.05, 4.69) is 20.9 Å². The molecule has 0 aromatic heterocycles. The molecule has 13 heavy (non-hydrogen) atoms. The molecule has 70 valence electrons. The van der Waals surface area contributed by atoms with Crippen LogP contribution >= 0.6 is 0 Å². The Labute approximate surface area is 71.7 Å². The second kappa shape index (κ2) is 2.47. The first kappa shape index (κ1) is 7.58. The number of guanidine groups is 1. The van der Waals surface area contributed by atoms with Crippen molar-refractivity contribution in [2.45, 2.75) is 12.3 Å². The van der Waals surface area contributed by atoms with Gasteiger partial charge in [-0.1, -0.05) is 5.43 Å². The number of carbonyl (C=O) groups is 1. The number of hydrogen-bond donors (Lipinski definition) is 4. The molecule has 0 radical (unpaired) electrons. The summed E-state index contributed by atoms with van der Waals surface area (Å²) in [5.41, 5.74) is 1.85. The maximum absolute atomic E-state index is 10.7. The number of fused-ring (bicyclic) bond motifs is 1. The normalized spacial score (nSPS) is 29.5. The Morgan fingerprint density at radius 3 is 2.85 bits per heavy atom. The quantitative estimate of drug-likeness (QED) is 0.271. The van der Waals surface area contributed by atoms with Crippen molar-refractivity contribution in [2.75, 3.05) is 0 Å². The van der Waals surface area contributed by atoms with Crippen LogP contribution in [0.2, 0.25) is 0 Å². The summed E-state index contributed by atoms with van der Waals surface area (Å²) in [5, 5.41) is 16.8. The minimum atomic E-state index is -0.727. The number of hydrazine groups is 1. The van der Waals surface area contributed by atoms with E-state index in [4.69, 9.17) is 0 Å². The van der Waals surface area contributed by atoms with E-state index >= 15 is 0 Å². The lowest BCUT2D eigenvalue weighted by atomic mass is 10.4. The number of rotatable bonds is 1. The molecule has 0 aliphatic carbocycles. The maximum atomic E-state index is 10.7. The van der Waals surface area contributed by atoms with E-state index in [1.54, 1.807) is 0 Å². The summed E-state index contributed by atoms with van der Waals surface area (Å²) >= 11 is 0. The Morgan fingerprint density at radius 1 is 1.46 bits per heavy atom. The minimum Gasteiger partial charge on any atom is -0.328 e. The topological polar surface area (TPSA) is 121 Å². The fraction of sp³-hybridized carbons (Fsp3) is 0.500. The van der Waals surface area contributed by atoms with Gasteiger partial charge in [0.2, 0.25) is 0 Å². The molecule has 2 rings (SSSR count). The van der Waals surface area contributed by atoms with Gasteiger partial charge in [-0.15, -0.1) is 0 Å². The highest BCUT2D eigenvalue weighted by atomic mass is 16.7. The summed E-state index contributed by atoms with van der Waals surface area (Å²) in [4.78, 5) is 24.5. The van der Waals surface area contributed by atoms with Crippen LogP contribution in [-0.4, -0.2) is 29.4 Å². The van der Waals surface area contributed by atoms with E-state index in [1.807, 2.05) is 5.43 Å². The monoisotopic (exact) mass is 186 g/mol. The zero-order valence-electron chi connectivity index (χ0n) is 6.27. The summed E-state index contributed by atoms with van der Waals surface area (Å²) in [5.74, 6) is 0.0347. The first-order valence-corrected chi connectivity index (χ1v) is 3.47. The summed E-state index contributed by atoms with van der Waals surface area (Å²) in [6.45, 7) is 0. The van der Waals surface area contributed by atoms with Gasteiger partial charge >= 0.3 is 6.03 Å². The molecular formula is C4H6N6O3. The Hall–Kier alpha value is -2.06. The second-order valence-corrected chi connectivity index (χ2v) is 2.53. The Bertz CT molecular complexity index is 300. The summed E-state index contributed by atoms with van der Waals surface area (Å²) in [6.07, 6.45) is -0.884. The molecule has 4 N–H and O–H groups in total. The molecule has 0 saturated carbocycles. The molecular weight excluding hydrogens is 180 g/mol. The smallest absolute Gasteiger partial charge is 0.318 e. The average Bonchev–Trinajstić information content (AvgIpc) is 2.41. The molecule has 0 bridgehead atoms. The van der Waals surface area contributed by atoms with E-state index < -0.39 is 17.4 Å². The van der Waals surface area contributed by atoms with Crippen molar-refractivity contribution in [3.63, 3.8) is 0 Å². The molecule has 1 fully saturated rings. The molecule has 9 heteroatoms. The molecule has 0 aromatic rings. The molecule has 2 aliphatic heterocycles. The van der Waals surface area contributed by atoms with Crippen molar-refractivity contribution < 1.29 is 9.83 Å². The molecule has 0 unspecified atom stereocenters. The van der Waals surface area contributed by atoms with Gasteiger partial charge < -0.3 is 16.0 Å². The van der Waals surface area contributed by atoms with Gasteiger partial charge in [0.15, 0.2) is 11.2 Å². The Balaban J connectivity index is 2.01. The second-order valence-electron chi connectivity index (χ2n) is 2.53. The van der Waals surface area contributed by atoms with Crippen molar-refractivity contribution in [3.8, 4) is 0 Å². The zero-order valence-corrected chi connectivity index (χ0v) is 6.27.